The van der Waals surface area contributed by atoms with Gasteiger partial charge in [0, 0.05) is 62.7 Å². The van der Waals surface area contributed by atoms with Crippen LogP contribution in [0.2, 0.25) is 0 Å². The summed E-state index contributed by atoms with van der Waals surface area (Å²) in [5, 5.41) is 20.2. The predicted molar refractivity (Wildman–Crippen MR) is 352 cm³/mol. The first-order chi connectivity index (χ1) is 42.6. The van der Waals surface area contributed by atoms with Crippen molar-refractivity contribution in [2.24, 2.45) is 41.4 Å². The van der Waals surface area contributed by atoms with Gasteiger partial charge in [-0.3, -0.25) is 57.5 Å². The Kier molecular flexibility index (Phi) is 34.9. The summed E-state index contributed by atoms with van der Waals surface area (Å²) in [4.78, 5) is 184. The molecule has 25 heteroatoms. The SMILES string of the molecule is CC[C@H]1NC(=O)[C@H]([C@H](OC(C)=O)[C@H](C)C/C=C/CCC#N)N(C)C(=O)[C@@H](C(C)C)N(C)C(=O)[C@@H](CC(C)C)N(C)C(=O)[C@H](CC(C)C)N(C)C(=O)[C@H](C)NC(=O)[C@@H](C)NC(=O)[C@@H](CCC(C)C)N(C)C(=O)[C@@H](C(C)C)NC(=O)[C@H](CC(C)C)N(C)C(=O)CN(C)C1=O. The molecule has 1 aliphatic heterocycles. The Bertz CT molecular complexity index is 2600. The molecule has 0 aromatic rings. The molecular formula is C67H116N12O13. The Morgan fingerprint density at radius 3 is 1.49 bits per heavy atom. The molecule has 1 aliphatic rings. The zero-order valence-corrected chi connectivity index (χ0v) is 60.0. The third-order valence-corrected chi connectivity index (χ3v) is 17.0. The first-order valence-electron chi connectivity index (χ1n) is 32.9. The molecule has 1 rings (SSSR count). The molecule has 0 radical (unpaired) electrons. The van der Waals surface area contributed by atoms with Gasteiger partial charge in [-0.1, -0.05) is 109 Å². The average Bonchev–Trinajstić information content (AvgIpc) is 0.805. The van der Waals surface area contributed by atoms with Crippen LogP contribution in [0.15, 0.2) is 12.2 Å². The van der Waals surface area contributed by atoms with Crippen molar-refractivity contribution in [2.45, 2.75) is 242 Å². The van der Waals surface area contributed by atoms with E-state index in [4.69, 9.17) is 4.74 Å². The molecule has 92 heavy (non-hydrogen) atoms. The topological polar surface area (TPSA) is 309 Å². The van der Waals surface area contributed by atoms with Crippen molar-refractivity contribution >= 4 is 70.9 Å². The van der Waals surface area contributed by atoms with Gasteiger partial charge in [-0.25, -0.2) is 0 Å². The first-order valence-corrected chi connectivity index (χ1v) is 32.9. The van der Waals surface area contributed by atoms with Crippen molar-refractivity contribution in [3.63, 3.8) is 0 Å². The fraction of sp³-hybridized carbons (Fsp3) is 0.776. The highest BCUT2D eigenvalue weighted by Crippen LogP contribution is 2.27. The second kappa shape index (κ2) is 38.8. The van der Waals surface area contributed by atoms with Crippen LogP contribution in [0.1, 0.15) is 175 Å². The van der Waals surface area contributed by atoms with Gasteiger partial charge in [0.1, 0.15) is 66.5 Å². The molecule has 0 saturated carbocycles. The number of nitrogens with one attached hydrogen (secondary N) is 4. The molecule has 11 amide bonds. The van der Waals surface area contributed by atoms with Gasteiger partial charge in [0.05, 0.1) is 12.6 Å². The third-order valence-electron chi connectivity index (χ3n) is 17.0. The molecule has 12 atom stereocenters. The van der Waals surface area contributed by atoms with Crippen molar-refractivity contribution in [3.05, 3.63) is 12.2 Å². The van der Waals surface area contributed by atoms with E-state index in [0.717, 1.165) is 16.7 Å². The smallest absolute Gasteiger partial charge is 0.303 e. The Morgan fingerprint density at radius 2 is 1.01 bits per heavy atom. The number of nitrogens with zero attached hydrogens (tertiary/aromatic N) is 8. The second-order valence-corrected chi connectivity index (χ2v) is 27.6. The lowest BCUT2D eigenvalue weighted by atomic mass is 9.91. The van der Waals surface area contributed by atoms with E-state index < -0.39 is 162 Å². The lowest BCUT2D eigenvalue weighted by Gasteiger charge is -2.42. The fourth-order valence-corrected chi connectivity index (χ4v) is 11.4. The number of carbonyl (C=O) groups excluding carboxylic acids is 12. The molecule has 1 heterocycles. The van der Waals surface area contributed by atoms with Crippen LogP contribution >= 0.6 is 0 Å². The van der Waals surface area contributed by atoms with Crippen molar-refractivity contribution < 1.29 is 62.3 Å². The summed E-state index contributed by atoms with van der Waals surface area (Å²) in [5.74, 6) is -10.8. The molecule has 4 N–H and O–H groups in total. The highest BCUT2D eigenvalue weighted by atomic mass is 16.5. The number of unbranched alkanes of at least 4 members (excludes halogenated alkanes) is 1. The summed E-state index contributed by atoms with van der Waals surface area (Å²) < 4.78 is 5.96. The van der Waals surface area contributed by atoms with Crippen LogP contribution in [-0.2, 0) is 62.3 Å². The van der Waals surface area contributed by atoms with E-state index >= 15 is 19.2 Å². The highest BCUT2D eigenvalue weighted by Gasteiger charge is 2.47. The number of rotatable bonds is 19. The molecule has 0 bridgehead atoms. The van der Waals surface area contributed by atoms with Crippen molar-refractivity contribution in [2.75, 3.05) is 55.9 Å². The van der Waals surface area contributed by atoms with Gasteiger partial charge in [-0.05, 0) is 107 Å². The number of nitriles is 1. The Morgan fingerprint density at radius 1 is 0.533 bits per heavy atom. The molecule has 1 saturated heterocycles. The lowest BCUT2D eigenvalue weighted by molar-refractivity contribution is -0.164. The number of likely N-dealkylation sites (N-methyl/N-ethyl adjacent to an activating group) is 7. The van der Waals surface area contributed by atoms with Crippen LogP contribution in [0.5, 0.6) is 0 Å². The van der Waals surface area contributed by atoms with E-state index in [1.54, 1.807) is 53.7 Å². The van der Waals surface area contributed by atoms with E-state index in [9.17, 15) is 43.6 Å². The largest absolute Gasteiger partial charge is 0.459 e. The summed E-state index contributed by atoms with van der Waals surface area (Å²) in [6, 6.07) is -10.6. The molecule has 0 unspecified atom stereocenters. The third kappa shape index (κ3) is 24.4. The van der Waals surface area contributed by atoms with Gasteiger partial charge in [0.15, 0.2) is 0 Å². The Balaban J connectivity index is 4.48. The molecule has 522 valence electrons. The minimum atomic E-state index is -1.66. The van der Waals surface area contributed by atoms with Gasteiger partial charge in [0.25, 0.3) is 0 Å². The van der Waals surface area contributed by atoms with E-state index in [-0.39, 0.29) is 68.6 Å². The van der Waals surface area contributed by atoms with Crippen LogP contribution in [0.3, 0.4) is 0 Å². The van der Waals surface area contributed by atoms with Crippen LogP contribution in [0.25, 0.3) is 0 Å². The highest BCUT2D eigenvalue weighted by molar-refractivity contribution is 5.99. The number of amides is 11. The molecule has 0 aromatic heterocycles. The maximum atomic E-state index is 15.5. The molecule has 0 aliphatic carbocycles. The molecule has 25 nitrogen and oxygen atoms in total. The van der Waals surface area contributed by atoms with Crippen LogP contribution in [-0.4, -0.2) is 228 Å². The monoisotopic (exact) mass is 1300 g/mol. The van der Waals surface area contributed by atoms with E-state index in [1.165, 1.54) is 87.7 Å². The summed E-state index contributed by atoms with van der Waals surface area (Å²) in [6.45, 7) is 28.7. The number of allylic oxidation sites excluding steroid dienone is 2. The van der Waals surface area contributed by atoms with Gasteiger partial charge in [0.2, 0.25) is 65.0 Å². The zero-order valence-electron chi connectivity index (χ0n) is 60.0. The Hall–Kier alpha value is -7.13. The standard InChI is InChI=1S/C67H116N12O13/c1-25-48-63(87)73(18)37-53(81)74(19)50(34-39(4)5)60(84)72-54(42(10)11)66(90)75(20)49(32-31-38(2)3)59(83)69-45(15)58(82)70-46(16)62(86)76(21)51(35-40(6)7)64(88)77(22)52(36-41(8)9)65(89)78(23)55(43(12)13)67(91)79(24)56(61(85)71-48)57(92-47(17)80)44(14)30-28-26-27-29-33-68/h26,28,38-46,48-52,54-57H,25,27,29-32,34-37H2,1-24H3,(H,69,83)(H,70,82)(H,71,85)(H,72,84)/b28-26+/t44-,45-,46+,48-,49-,50+,51+,52-,54-,55-,56+,57-/m1/s1. The summed E-state index contributed by atoms with van der Waals surface area (Å²) >= 11 is 0. The fourth-order valence-electron chi connectivity index (χ4n) is 11.4. The quantitative estimate of drug-likeness (QED) is 0.0786. The Labute approximate surface area is 549 Å². The number of hydrogen-bond acceptors (Lipinski definition) is 14. The van der Waals surface area contributed by atoms with Crippen LogP contribution < -0.4 is 21.3 Å². The number of carbonyl (C=O) groups is 12. The average molecular weight is 1300 g/mol. The van der Waals surface area contributed by atoms with Crippen LogP contribution in [0.4, 0.5) is 0 Å². The molecule has 0 spiro atoms. The van der Waals surface area contributed by atoms with Crippen molar-refractivity contribution in [1.82, 2.24) is 55.6 Å². The molecule has 1 fully saturated rings. The normalized spacial score (nSPS) is 25.6. The summed E-state index contributed by atoms with van der Waals surface area (Å²) in [6.07, 6.45) is 4.03. The van der Waals surface area contributed by atoms with Crippen LogP contribution in [0, 0.1) is 52.8 Å². The molecule has 0 aromatic carbocycles. The summed E-state index contributed by atoms with van der Waals surface area (Å²) in [7, 11) is 9.83. The first kappa shape index (κ1) is 82.9. The van der Waals surface area contributed by atoms with Gasteiger partial charge in [-0.15, -0.1) is 0 Å². The van der Waals surface area contributed by atoms with Gasteiger partial charge in [-0.2, -0.15) is 5.26 Å². The maximum Gasteiger partial charge on any atom is 0.303 e. The lowest BCUT2D eigenvalue weighted by Crippen LogP contribution is -2.64. The van der Waals surface area contributed by atoms with Gasteiger partial charge >= 0.3 is 5.97 Å². The molecular weight excluding hydrogens is 1180 g/mol. The van der Waals surface area contributed by atoms with Crippen molar-refractivity contribution in [3.8, 4) is 6.07 Å². The summed E-state index contributed by atoms with van der Waals surface area (Å²) in [5.41, 5.74) is 0. The number of hydrogen-bond donors (Lipinski definition) is 4. The second-order valence-electron chi connectivity index (χ2n) is 27.6. The zero-order chi connectivity index (χ0) is 71.1. The minimum absolute atomic E-state index is 0.0272. The van der Waals surface area contributed by atoms with E-state index in [0.29, 0.717) is 12.8 Å². The van der Waals surface area contributed by atoms with E-state index in [1.807, 2.05) is 55.4 Å². The van der Waals surface area contributed by atoms with Gasteiger partial charge < -0.3 is 60.3 Å². The number of ether oxygens (including phenoxy) is 1. The van der Waals surface area contributed by atoms with E-state index in [2.05, 4.69) is 27.3 Å². The predicted octanol–water partition coefficient (Wildman–Crippen LogP) is 4.51. The van der Waals surface area contributed by atoms with Crippen molar-refractivity contribution in [1.29, 1.82) is 5.26 Å². The minimum Gasteiger partial charge on any atom is -0.459 e. The maximum absolute atomic E-state index is 15.5. The number of esters is 1.